The highest BCUT2D eigenvalue weighted by molar-refractivity contribution is 6.01. The average molecular weight is 383 g/mol. The Bertz CT molecular complexity index is 735. The monoisotopic (exact) mass is 382 g/mol. The first-order valence-electron chi connectivity index (χ1n) is 9.60. The summed E-state index contributed by atoms with van der Waals surface area (Å²) in [4.78, 5) is 8.99. The van der Waals surface area contributed by atoms with Crippen molar-refractivity contribution < 1.29 is 10.2 Å². The fourth-order valence-electron chi connectivity index (χ4n) is 2.76. The van der Waals surface area contributed by atoms with E-state index in [-0.39, 0.29) is 11.5 Å². The van der Waals surface area contributed by atoms with Crippen LogP contribution in [0, 0.1) is 0 Å². The number of benzene rings is 2. The molecule has 0 spiro atoms. The summed E-state index contributed by atoms with van der Waals surface area (Å²) < 4.78 is 0. The van der Waals surface area contributed by atoms with Crippen molar-refractivity contribution in [3.05, 3.63) is 59.7 Å². The van der Waals surface area contributed by atoms with Crippen molar-refractivity contribution in [1.82, 2.24) is 10.6 Å². The van der Waals surface area contributed by atoms with Gasteiger partial charge >= 0.3 is 0 Å². The minimum Gasteiger partial charge on any atom is -0.507 e. The first kappa shape index (κ1) is 21.6. The molecule has 0 saturated heterocycles. The van der Waals surface area contributed by atoms with Crippen LogP contribution in [0.4, 0.5) is 0 Å². The van der Waals surface area contributed by atoms with Crippen molar-refractivity contribution in [2.45, 2.75) is 13.8 Å². The minimum atomic E-state index is 0.265. The SMILES string of the molecule is CC(=NCCNCCNCCN=C(C)c1ccccc1O)c1ccccc1O. The molecule has 150 valence electrons. The molecule has 2 aromatic rings. The second kappa shape index (κ2) is 11.9. The Kier molecular flexibility index (Phi) is 9.18. The third-order valence-corrected chi connectivity index (χ3v) is 4.34. The van der Waals surface area contributed by atoms with Crippen molar-refractivity contribution in [2.75, 3.05) is 39.3 Å². The molecule has 0 fully saturated rings. The number of rotatable bonds is 11. The molecule has 2 aromatic carbocycles. The molecule has 0 bridgehead atoms. The molecule has 0 aliphatic carbocycles. The summed E-state index contributed by atoms with van der Waals surface area (Å²) in [7, 11) is 0. The number of aliphatic imine (C=N–C) groups is 2. The highest BCUT2D eigenvalue weighted by Crippen LogP contribution is 2.17. The van der Waals surface area contributed by atoms with Gasteiger partial charge in [0.1, 0.15) is 11.5 Å². The topological polar surface area (TPSA) is 89.2 Å². The second-order valence-electron chi connectivity index (χ2n) is 6.47. The summed E-state index contributed by atoms with van der Waals surface area (Å²) >= 11 is 0. The molecule has 0 atom stereocenters. The van der Waals surface area contributed by atoms with Crippen LogP contribution in [0.2, 0.25) is 0 Å². The van der Waals surface area contributed by atoms with Gasteiger partial charge in [-0.1, -0.05) is 24.3 Å². The van der Waals surface area contributed by atoms with E-state index < -0.39 is 0 Å². The molecule has 0 aromatic heterocycles. The van der Waals surface area contributed by atoms with Crippen LogP contribution >= 0.6 is 0 Å². The van der Waals surface area contributed by atoms with Crippen molar-refractivity contribution in [3.63, 3.8) is 0 Å². The van der Waals surface area contributed by atoms with Gasteiger partial charge in [-0.3, -0.25) is 9.98 Å². The van der Waals surface area contributed by atoms with Crippen LogP contribution in [0.1, 0.15) is 25.0 Å². The number of para-hydroxylation sites is 2. The zero-order chi connectivity index (χ0) is 20.2. The van der Waals surface area contributed by atoms with Crippen molar-refractivity contribution in [1.29, 1.82) is 0 Å². The van der Waals surface area contributed by atoms with E-state index in [0.29, 0.717) is 13.1 Å². The molecule has 2 rings (SSSR count). The molecular formula is C22H30N4O2. The highest BCUT2D eigenvalue weighted by Gasteiger charge is 2.03. The van der Waals surface area contributed by atoms with Crippen LogP contribution in [0.5, 0.6) is 11.5 Å². The minimum absolute atomic E-state index is 0.265. The Morgan fingerprint density at radius 2 is 1.07 bits per heavy atom. The number of hydrogen-bond donors (Lipinski definition) is 4. The third-order valence-electron chi connectivity index (χ3n) is 4.34. The van der Waals surface area contributed by atoms with Crippen molar-refractivity contribution in [2.24, 2.45) is 9.98 Å². The van der Waals surface area contributed by atoms with Gasteiger partial charge in [0, 0.05) is 48.7 Å². The van der Waals surface area contributed by atoms with E-state index in [9.17, 15) is 10.2 Å². The molecule has 6 nitrogen and oxygen atoms in total. The summed E-state index contributed by atoms with van der Waals surface area (Å²) in [6.45, 7) is 8.45. The van der Waals surface area contributed by atoms with Crippen LogP contribution in [-0.2, 0) is 0 Å². The lowest BCUT2D eigenvalue weighted by atomic mass is 10.1. The zero-order valence-corrected chi connectivity index (χ0v) is 16.7. The second-order valence-corrected chi connectivity index (χ2v) is 6.47. The van der Waals surface area contributed by atoms with E-state index in [2.05, 4.69) is 20.6 Å². The van der Waals surface area contributed by atoms with Crippen LogP contribution in [0.3, 0.4) is 0 Å². The lowest BCUT2D eigenvalue weighted by Crippen LogP contribution is -2.30. The van der Waals surface area contributed by atoms with Gasteiger partial charge in [-0.25, -0.2) is 0 Å². The lowest BCUT2D eigenvalue weighted by Gasteiger charge is -2.07. The molecule has 28 heavy (non-hydrogen) atoms. The predicted octanol–water partition coefficient (Wildman–Crippen LogP) is 2.60. The van der Waals surface area contributed by atoms with Crippen molar-refractivity contribution in [3.8, 4) is 11.5 Å². The number of phenols is 2. The Labute approximate surface area is 167 Å². The Morgan fingerprint density at radius 1 is 0.679 bits per heavy atom. The van der Waals surface area contributed by atoms with Gasteiger partial charge in [-0.05, 0) is 38.1 Å². The van der Waals surface area contributed by atoms with Crippen LogP contribution in [0.25, 0.3) is 0 Å². The van der Waals surface area contributed by atoms with Gasteiger partial charge in [0.25, 0.3) is 0 Å². The summed E-state index contributed by atoms with van der Waals surface area (Å²) in [6, 6.07) is 14.5. The zero-order valence-electron chi connectivity index (χ0n) is 16.7. The fraction of sp³-hybridized carbons (Fsp3) is 0.364. The fourth-order valence-corrected chi connectivity index (χ4v) is 2.76. The number of nitrogens with zero attached hydrogens (tertiary/aromatic N) is 2. The van der Waals surface area contributed by atoms with E-state index in [4.69, 9.17) is 0 Å². The lowest BCUT2D eigenvalue weighted by molar-refractivity contribution is 0.473. The van der Waals surface area contributed by atoms with E-state index in [1.807, 2.05) is 38.1 Å². The molecule has 0 radical (unpaired) electrons. The third kappa shape index (κ3) is 7.13. The van der Waals surface area contributed by atoms with Gasteiger partial charge in [-0.2, -0.15) is 0 Å². The van der Waals surface area contributed by atoms with Gasteiger partial charge in [0.15, 0.2) is 0 Å². The van der Waals surface area contributed by atoms with E-state index in [0.717, 1.165) is 48.7 Å². The molecule has 0 amide bonds. The van der Waals surface area contributed by atoms with E-state index in [1.165, 1.54) is 0 Å². The van der Waals surface area contributed by atoms with Crippen LogP contribution in [0.15, 0.2) is 58.5 Å². The molecule has 6 heteroatoms. The summed E-state index contributed by atoms with van der Waals surface area (Å²) in [5.74, 6) is 0.530. The summed E-state index contributed by atoms with van der Waals surface area (Å²) in [6.07, 6.45) is 0. The van der Waals surface area contributed by atoms with Crippen molar-refractivity contribution >= 4 is 11.4 Å². The molecule has 4 N–H and O–H groups in total. The van der Waals surface area contributed by atoms with Crippen LogP contribution in [-0.4, -0.2) is 60.9 Å². The number of nitrogens with one attached hydrogen (secondary N) is 2. The van der Waals surface area contributed by atoms with E-state index >= 15 is 0 Å². The maximum Gasteiger partial charge on any atom is 0.124 e. The Balaban J connectivity index is 1.55. The van der Waals surface area contributed by atoms with Gasteiger partial charge in [-0.15, -0.1) is 0 Å². The highest BCUT2D eigenvalue weighted by atomic mass is 16.3. The van der Waals surface area contributed by atoms with Gasteiger partial charge < -0.3 is 20.8 Å². The van der Waals surface area contributed by atoms with E-state index in [1.54, 1.807) is 24.3 Å². The number of phenolic OH excluding ortho intramolecular Hbond substituents is 2. The summed E-state index contributed by atoms with van der Waals surface area (Å²) in [5.41, 5.74) is 3.25. The Morgan fingerprint density at radius 3 is 1.46 bits per heavy atom. The molecule has 0 saturated carbocycles. The van der Waals surface area contributed by atoms with Crippen LogP contribution < -0.4 is 10.6 Å². The summed E-state index contributed by atoms with van der Waals surface area (Å²) in [5, 5.41) is 26.3. The standard InChI is InChI=1S/C22H30N4O2/c1-17(19-7-3-5-9-21(19)27)25-15-13-23-11-12-24-14-16-26-18(2)20-8-4-6-10-22(20)28/h3-10,23-24,27-28H,11-16H2,1-2H3. The average Bonchev–Trinajstić information content (AvgIpc) is 2.69. The molecular weight excluding hydrogens is 352 g/mol. The molecule has 0 heterocycles. The van der Waals surface area contributed by atoms with Gasteiger partial charge in [0.2, 0.25) is 0 Å². The number of hydrogen-bond acceptors (Lipinski definition) is 6. The normalized spacial score (nSPS) is 12.4. The maximum absolute atomic E-state index is 9.81. The predicted molar refractivity (Wildman–Crippen MR) is 116 cm³/mol. The first-order valence-corrected chi connectivity index (χ1v) is 9.60. The Hall–Kier alpha value is -2.70. The first-order chi connectivity index (χ1) is 13.6. The quantitative estimate of drug-likeness (QED) is 0.355. The van der Waals surface area contributed by atoms with Gasteiger partial charge in [0.05, 0.1) is 13.1 Å². The smallest absolute Gasteiger partial charge is 0.124 e. The molecule has 0 aliphatic rings. The maximum atomic E-state index is 9.81. The largest absolute Gasteiger partial charge is 0.507 e. The molecule has 0 aliphatic heterocycles. The number of aromatic hydroxyl groups is 2. The molecule has 0 unspecified atom stereocenters.